The van der Waals surface area contributed by atoms with Crippen LogP contribution in [0.1, 0.15) is 37.8 Å². The summed E-state index contributed by atoms with van der Waals surface area (Å²) in [6.45, 7) is 4.19. The lowest BCUT2D eigenvalue weighted by Gasteiger charge is -2.33. The molecule has 0 spiro atoms. The van der Waals surface area contributed by atoms with E-state index in [0.29, 0.717) is 0 Å². The molecule has 1 aliphatic carbocycles. The molecular weight excluding hydrogens is 216 g/mol. The van der Waals surface area contributed by atoms with Crippen LogP contribution in [0.25, 0.3) is 0 Å². The van der Waals surface area contributed by atoms with Crippen LogP contribution in [0.3, 0.4) is 0 Å². The zero-order valence-corrected chi connectivity index (χ0v) is 10.3. The first-order valence-electron chi connectivity index (χ1n) is 5.98. The number of ether oxygens (including phenoxy) is 1. The molecule has 3 nitrogen and oxygen atoms in total. The Kier molecular flexibility index (Phi) is 3.09. The summed E-state index contributed by atoms with van der Waals surface area (Å²) in [5.41, 5.74) is 2.65. The number of aliphatic carboxylic acids is 1. The van der Waals surface area contributed by atoms with Gasteiger partial charge in [-0.05, 0) is 41.9 Å². The van der Waals surface area contributed by atoms with Gasteiger partial charge in [-0.1, -0.05) is 26.0 Å². The quantitative estimate of drug-likeness (QED) is 0.874. The molecule has 0 unspecified atom stereocenters. The number of carbonyl (C=O) groups is 1. The SMILES string of the molecule is CC1(C)CCCc2c(OCC(=O)O)cccc21. The maximum absolute atomic E-state index is 10.5. The van der Waals surface area contributed by atoms with Gasteiger partial charge < -0.3 is 9.84 Å². The third-order valence-corrected chi connectivity index (χ3v) is 3.44. The summed E-state index contributed by atoms with van der Waals surface area (Å²) in [6, 6.07) is 5.94. The van der Waals surface area contributed by atoms with Gasteiger partial charge in [0.2, 0.25) is 0 Å². The van der Waals surface area contributed by atoms with Crippen molar-refractivity contribution in [2.45, 2.75) is 38.5 Å². The van der Waals surface area contributed by atoms with Crippen molar-refractivity contribution in [2.75, 3.05) is 6.61 Å². The highest BCUT2D eigenvalue weighted by Crippen LogP contribution is 2.40. The second-order valence-electron chi connectivity index (χ2n) is 5.20. The molecule has 3 heteroatoms. The van der Waals surface area contributed by atoms with Crippen LogP contribution >= 0.6 is 0 Å². The monoisotopic (exact) mass is 234 g/mol. The highest BCUT2D eigenvalue weighted by Gasteiger charge is 2.28. The Balaban J connectivity index is 2.33. The molecule has 17 heavy (non-hydrogen) atoms. The van der Waals surface area contributed by atoms with Crippen molar-refractivity contribution in [1.82, 2.24) is 0 Å². The second-order valence-corrected chi connectivity index (χ2v) is 5.20. The van der Waals surface area contributed by atoms with Crippen LogP contribution in [-0.4, -0.2) is 17.7 Å². The molecule has 0 saturated carbocycles. The van der Waals surface area contributed by atoms with Gasteiger partial charge >= 0.3 is 5.97 Å². The predicted octanol–water partition coefficient (Wildman–Crippen LogP) is 2.76. The first kappa shape index (κ1) is 12.0. The fourth-order valence-electron chi connectivity index (χ4n) is 2.57. The van der Waals surface area contributed by atoms with E-state index in [1.54, 1.807) is 0 Å². The number of hydrogen-bond acceptors (Lipinski definition) is 2. The van der Waals surface area contributed by atoms with Crippen LogP contribution in [0.4, 0.5) is 0 Å². The minimum atomic E-state index is -0.933. The molecule has 0 aliphatic heterocycles. The maximum Gasteiger partial charge on any atom is 0.341 e. The zero-order valence-electron chi connectivity index (χ0n) is 10.3. The number of hydrogen-bond donors (Lipinski definition) is 1. The molecule has 0 radical (unpaired) electrons. The summed E-state index contributed by atoms with van der Waals surface area (Å²) in [4.78, 5) is 10.5. The van der Waals surface area contributed by atoms with Gasteiger partial charge in [-0.25, -0.2) is 4.79 Å². The minimum absolute atomic E-state index is 0.163. The van der Waals surface area contributed by atoms with E-state index in [0.717, 1.165) is 18.6 Å². The molecule has 1 aliphatic rings. The third kappa shape index (κ3) is 2.43. The Hall–Kier alpha value is -1.51. The van der Waals surface area contributed by atoms with Gasteiger partial charge in [0.15, 0.2) is 6.61 Å². The van der Waals surface area contributed by atoms with Crippen LogP contribution < -0.4 is 4.74 Å². The highest BCUT2D eigenvalue weighted by molar-refractivity contribution is 5.68. The maximum atomic E-state index is 10.5. The van der Waals surface area contributed by atoms with Gasteiger partial charge in [-0.2, -0.15) is 0 Å². The molecule has 0 bridgehead atoms. The Morgan fingerprint density at radius 2 is 2.24 bits per heavy atom. The first-order valence-corrected chi connectivity index (χ1v) is 5.98. The van der Waals surface area contributed by atoms with Crippen molar-refractivity contribution in [1.29, 1.82) is 0 Å². The Morgan fingerprint density at radius 1 is 1.47 bits per heavy atom. The largest absolute Gasteiger partial charge is 0.482 e. The predicted molar refractivity (Wildman–Crippen MR) is 65.5 cm³/mol. The highest BCUT2D eigenvalue weighted by atomic mass is 16.5. The number of benzene rings is 1. The third-order valence-electron chi connectivity index (χ3n) is 3.44. The van der Waals surface area contributed by atoms with Crippen molar-refractivity contribution >= 4 is 5.97 Å². The summed E-state index contributed by atoms with van der Waals surface area (Å²) in [5.74, 6) is -0.199. The number of fused-ring (bicyclic) bond motifs is 1. The molecule has 0 heterocycles. The number of carboxylic acid groups (broad SMARTS) is 1. The number of carboxylic acids is 1. The van der Waals surface area contributed by atoms with Crippen molar-refractivity contribution in [2.24, 2.45) is 0 Å². The van der Waals surface area contributed by atoms with E-state index < -0.39 is 5.97 Å². The lowest BCUT2D eigenvalue weighted by atomic mass is 9.72. The van der Waals surface area contributed by atoms with Gasteiger partial charge in [-0.3, -0.25) is 0 Å². The zero-order chi connectivity index (χ0) is 12.5. The van der Waals surface area contributed by atoms with Gasteiger partial charge in [0.05, 0.1) is 0 Å². The van der Waals surface area contributed by atoms with Gasteiger partial charge in [0, 0.05) is 0 Å². The molecule has 0 fully saturated rings. The lowest BCUT2D eigenvalue weighted by Crippen LogP contribution is -2.24. The van der Waals surface area contributed by atoms with E-state index in [-0.39, 0.29) is 12.0 Å². The first-order chi connectivity index (χ1) is 8.00. The molecule has 2 rings (SSSR count). The Labute approximate surface area is 101 Å². The standard InChI is InChI=1S/C14H18O3/c1-14(2)8-4-5-10-11(14)6-3-7-12(10)17-9-13(15)16/h3,6-7H,4-5,8-9H2,1-2H3,(H,15,16). The van der Waals surface area contributed by atoms with Gasteiger partial charge in [0.25, 0.3) is 0 Å². The van der Waals surface area contributed by atoms with Crippen LogP contribution in [0.15, 0.2) is 18.2 Å². The smallest absolute Gasteiger partial charge is 0.341 e. The van der Waals surface area contributed by atoms with Crippen molar-refractivity contribution < 1.29 is 14.6 Å². The van der Waals surface area contributed by atoms with E-state index >= 15 is 0 Å². The fourth-order valence-corrected chi connectivity index (χ4v) is 2.57. The summed E-state index contributed by atoms with van der Waals surface area (Å²) >= 11 is 0. The lowest BCUT2D eigenvalue weighted by molar-refractivity contribution is -0.139. The van der Waals surface area contributed by atoms with E-state index in [9.17, 15) is 4.79 Å². The van der Waals surface area contributed by atoms with Gasteiger partial charge in [-0.15, -0.1) is 0 Å². The molecule has 0 aromatic heterocycles. The molecule has 0 atom stereocenters. The number of rotatable bonds is 3. The van der Waals surface area contributed by atoms with Crippen LogP contribution in [0.2, 0.25) is 0 Å². The second kappa shape index (κ2) is 4.40. The molecule has 0 saturated heterocycles. The van der Waals surface area contributed by atoms with E-state index in [1.165, 1.54) is 17.5 Å². The average molecular weight is 234 g/mol. The Bertz CT molecular complexity index is 435. The van der Waals surface area contributed by atoms with E-state index in [4.69, 9.17) is 9.84 Å². The molecular formula is C14H18O3. The summed E-state index contributed by atoms with van der Waals surface area (Å²) in [7, 11) is 0. The van der Waals surface area contributed by atoms with E-state index in [2.05, 4.69) is 19.9 Å². The summed E-state index contributed by atoms with van der Waals surface area (Å²) in [6.07, 6.45) is 3.28. The van der Waals surface area contributed by atoms with Crippen molar-refractivity contribution in [3.8, 4) is 5.75 Å². The summed E-state index contributed by atoms with van der Waals surface area (Å²) < 4.78 is 5.36. The normalized spacial score (nSPS) is 17.3. The van der Waals surface area contributed by atoms with Crippen molar-refractivity contribution in [3.05, 3.63) is 29.3 Å². The molecule has 92 valence electrons. The Morgan fingerprint density at radius 3 is 2.94 bits per heavy atom. The molecule has 1 aromatic rings. The van der Waals surface area contributed by atoms with Crippen LogP contribution in [-0.2, 0) is 16.6 Å². The summed E-state index contributed by atoms with van der Waals surface area (Å²) in [5, 5.41) is 8.66. The molecule has 1 aromatic carbocycles. The van der Waals surface area contributed by atoms with E-state index in [1.807, 2.05) is 12.1 Å². The fraction of sp³-hybridized carbons (Fsp3) is 0.500. The van der Waals surface area contributed by atoms with Crippen LogP contribution in [0, 0.1) is 0 Å². The molecule has 0 amide bonds. The van der Waals surface area contributed by atoms with Crippen LogP contribution in [0.5, 0.6) is 5.75 Å². The average Bonchev–Trinajstić information content (AvgIpc) is 2.26. The van der Waals surface area contributed by atoms with Gasteiger partial charge in [0.1, 0.15) is 5.75 Å². The minimum Gasteiger partial charge on any atom is -0.482 e. The topological polar surface area (TPSA) is 46.5 Å². The van der Waals surface area contributed by atoms with Crippen molar-refractivity contribution in [3.63, 3.8) is 0 Å². The molecule has 1 N–H and O–H groups in total.